The van der Waals surface area contributed by atoms with Crippen LogP contribution >= 0.6 is 0 Å². The normalized spacial score (nSPS) is 11.2. The summed E-state index contributed by atoms with van der Waals surface area (Å²) < 4.78 is 12.2. The summed E-state index contributed by atoms with van der Waals surface area (Å²) in [5.74, 6) is 4.71. The average Bonchev–Trinajstić information content (AvgIpc) is 3.90. The van der Waals surface area contributed by atoms with Crippen molar-refractivity contribution in [1.82, 2.24) is 0 Å². The van der Waals surface area contributed by atoms with Crippen molar-refractivity contribution >= 4 is 21.5 Å². The summed E-state index contributed by atoms with van der Waals surface area (Å²) in [7, 11) is 0. The molecule has 0 aliphatic carbocycles. The fourth-order valence-corrected chi connectivity index (χ4v) is 6.31. The Kier molecular flexibility index (Phi) is 9.76. The van der Waals surface area contributed by atoms with E-state index in [2.05, 4.69) is 125 Å². The van der Waals surface area contributed by atoms with E-state index >= 15 is 0 Å². The molecular weight excluding hydrogens is 652 g/mol. The summed E-state index contributed by atoms with van der Waals surface area (Å²) in [5, 5.41) is 5.22. The number of furan rings is 2. The third-order valence-electron chi connectivity index (χ3n) is 8.71. The van der Waals surface area contributed by atoms with Gasteiger partial charge in [-0.25, -0.2) is 0 Å². The van der Waals surface area contributed by atoms with Gasteiger partial charge in [0.15, 0.2) is 0 Å². The molecule has 2 nitrogen and oxygen atoms in total. The summed E-state index contributed by atoms with van der Waals surface area (Å²) in [6, 6.07) is 50.6. The molecule has 2 heterocycles. The summed E-state index contributed by atoms with van der Waals surface area (Å²) >= 11 is 0. The molecule has 0 radical (unpaired) electrons. The van der Waals surface area contributed by atoms with Crippen molar-refractivity contribution in [2.75, 3.05) is 0 Å². The number of fused-ring (bicyclic) bond motifs is 2. The second-order valence-corrected chi connectivity index (χ2v) is 12.6. The van der Waals surface area contributed by atoms with Gasteiger partial charge < -0.3 is 8.83 Å². The van der Waals surface area contributed by atoms with Gasteiger partial charge in [-0.05, 0) is 36.1 Å². The minimum absolute atomic E-state index is 0. The Morgan fingerprint density at radius 3 is 1.19 bits per heavy atom. The topological polar surface area (TPSA) is 26.3 Å². The Labute approximate surface area is 296 Å². The Morgan fingerprint density at radius 2 is 0.809 bits per heavy atom. The van der Waals surface area contributed by atoms with Crippen LogP contribution in [-0.2, 0) is 26.2 Å². The van der Waals surface area contributed by atoms with E-state index in [1.165, 1.54) is 32.7 Å². The van der Waals surface area contributed by atoms with Crippen molar-refractivity contribution < 1.29 is 35.0 Å². The van der Waals surface area contributed by atoms with Crippen LogP contribution in [0.4, 0.5) is 0 Å². The maximum Gasteiger partial charge on any atom is 2.00 e. The first-order valence-corrected chi connectivity index (χ1v) is 16.1. The van der Waals surface area contributed by atoms with Crippen molar-refractivity contribution in [3.05, 3.63) is 157 Å². The summed E-state index contributed by atoms with van der Waals surface area (Å²) in [4.78, 5) is 0. The molecule has 2 aromatic heterocycles. The molecule has 0 spiro atoms. The zero-order valence-electron chi connectivity index (χ0n) is 27.3. The predicted octanol–water partition coefficient (Wildman–Crippen LogP) is 13.2. The van der Waals surface area contributed by atoms with E-state index in [0.29, 0.717) is 11.8 Å². The van der Waals surface area contributed by atoms with Crippen LogP contribution in [0.5, 0.6) is 0 Å². The molecule has 0 aliphatic rings. The molecule has 6 aromatic carbocycles. The second kappa shape index (κ2) is 14.1. The van der Waals surface area contributed by atoms with Crippen LogP contribution < -0.4 is 0 Å². The smallest absolute Gasteiger partial charge is 0.491 e. The fourth-order valence-electron chi connectivity index (χ4n) is 6.31. The van der Waals surface area contributed by atoms with E-state index in [1.807, 2.05) is 48.5 Å². The molecule has 0 unspecified atom stereocenters. The van der Waals surface area contributed by atoms with Crippen LogP contribution in [0.25, 0.3) is 66.8 Å². The van der Waals surface area contributed by atoms with Gasteiger partial charge in [0.1, 0.15) is 11.5 Å². The number of benzene rings is 4. The molecule has 0 atom stereocenters. The summed E-state index contributed by atoms with van der Waals surface area (Å²) in [5.41, 5.74) is 7.30. The molecule has 0 saturated heterocycles. The maximum absolute atomic E-state index is 6.09. The van der Waals surface area contributed by atoms with Gasteiger partial charge in [0.2, 0.25) is 0 Å². The number of rotatable bonds is 6. The quantitative estimate of drug-likeness (QED) is 0.162. The van der Waals surface area contributed by atoms with E-state index in [1.54, 1.807) is 0 Å². The van der Waals surface area contributed by atoms with Crippen LogP contribution in [0.1, 0.15) is 50.7 Å². The average molecular weight is 690 g/mol. The van der Waals surface area contributed by atoms with Gasteiger partial charge in [-0.15, -0.1) is 57.9 Å². The van der Waals surface area contributed by atoms with Gasteiger partial charge in [-0.1, -0.05) is 135 Å². The van der Waals surface area contributed by atoms with E-state index in [9.17, 15) is 0 Å². The molecule has 0 amide bonds. The van der Waals surface area contributed by atoms with Crippen LogP contribution in [-0.4, -0.2) is 0 Å². The van der Waals surface area contributed by atoms with E-state index < -0.39 is 0 Å². The van der Waals surface area contributed by atoms with Crippen molar-refractivity contribution in [3.63, 3.8) is 0 Å². The molecule has 0 aliphatic heterocycles. The SMILES string of the molecule is CC(C)c1cccc2[cH-]c(-c3ccc(-c4ccccc4)o3)cc12.CC(C)c1cccc2[cH-]c(-c3ccc(-c4ccccc4)o3)cc12.[Zr+2]. The minimum Gasteiger partial charge on any atom is -0.491 e. The van der Waals surface area contributed by atoms with Gasteiger partial charge in [-0.2, -0.15) is 0 Å². The van der Waals surface area contributed by atoms with Gasteiger partial charge in [0, 0.05) is 11.1 Å². The molecule has 47 heavy (non-hydrogen) atoms. The monoisotopic (exact) mass is 688 g/mol. The Hall–Kier alpha value is -4.46. The first kappa shape index (κ1) is 32.5. The molecule has 0 saturated carbocycles. The molecule has 0 N–H and O–H groups in total. The molecule has 8 aromatic rings. The van der Waals surface area contributed by atoms with Gasteiger partial charge in [0.25, 0.3) is 0 Å². The van der Waals surface area contributed by atoms with Crippen LogP contribution in [0.3, 0.4) is 0 Å². The van der Waals surface area contributed by atoms with E-state index in [0.717, 1.165) is 45.3 Å². The fraction of sp³-hybridized carbons (Fsp3) is 0.136. The summed E-state index contributed by atoms with van der Waals surface area (Å²) in [6.07, 6.45) is 0. The van der Waals surface area contributed by atoms with E-state index in [-0.39, 0.29) is 26.2 Å². The first-order chi connectivity index (χ1) is 22.4. The van der Waals surface area contributed by atoms with Crippen molar-refractivity contribution in [2.24, 2.45) is 0 Å². The Bertz CT molecular complexity index is 2040. The third kappa shape index (κ3) is 6.83. The zero-order chi connectivity index (χ0) is 31.6. The predicted molar refractivity (Wildman–Crippen MR) is 194 cm³/mol. The van der Waals surface area contributed by atoms with Crippen LogP contribution in [0.2, 0.25) is 0 Å². The third-order valence-corrected chi connectivity index (χ3v) is 8.71. The van der Waals surface area contributed by atoms with Gasteiger partial charge in [-0.3, -0.25) is 0 Å². The van der Waals surface area contributed by atoms with Crippen molar-refractivity contribution in [1.29, 1.82) is 0 Å². The molecule has 3 heteroatoms. The number of hydrogen-bond donors (Lipinski definition) is 0. The Balaban J connectivity index is 0.000000161. The zero-order valence-corrected chi connectivity index (χ0v) is 29.8. The van der Waals surface area contributed by atoms with E-state index in [4.69, 9.17) is 8.83 Å². The standard InChI is InChI=1S/2C22H19O.Zr/c2*1-15(2)19-10-6-9-17-13-18(14-20(17)19)22-12-11-21(23-22)16-7-4-3-5-8-16;/h2*3-15H,1-2H3;/q2*-1;+2. The minimum atomic E-state index is 0. The first-order valence-electron chi connectivity index (χ1n) is 16.1. The second-order valence-electron chi connectivity index (χ2n) is 12.6. The Morgan fingerprint density at radius 1 is 0.426 bits per heavy atom. The summed E-state index contributed by atoms with van der Waals surface area (Å²) in [6.45, 7) is 8.95. The molecular formula is C44H38O2Zr. The number of hydrogen-bond acceptors (Lipinski definition) is 2. The van der Waals surface area contributed by atoms with Crippen molar-refractivity contribution in [3.8, 4) is 45.3 Å². The molecule has 0 bridgehead atoms. The molecule has 0 fully saturated rings. The van der Waals surface area contributed by atoms with Crippen LogP contribution in [0.15, 0.2) is 154 Å². The van der Waals surface area contributed by atoms with Gasteiger partial charge in [0.05, 0.1) is 11.5 Å². The largest absolute Gasteiger partial charge is 2.00 e. The molecule has 8 rings (SSSR count). The van der Waals surface area contributed by atoms with Gasteiger partial charge >= 0.3 is 26.2 Å². The molecule has 230 valence electrons. The van der Waals surface area contributed by atoms with Crippen molar-refractivity contribution in [2.45, 2.75) is 39.5 Å². The maximum atomic E-state index is 6.09. The van der Waals surface area contributed by atoms with Crippen LogP contribution in [0, 0.1) is 0 Å².